The molecule has 0 saturated heterocycles. The lowest BCUT2D eigenvalue weighted by Crippen LogP contribution is -2.01. The van der Waals surface area contributed by atoms with Gasteiger partial charge in [-0.1, -0.05) is 64.0 Å². The van der Waals surface area contributed by atoms with Crippen LogP contribution >= 0.6 is 0 Å². The summed E-state index contributed by atoms with van der Waals surface area (Å²) >= 11 is 0. The quantitative estimate of drug-likeness (QED) is 0.539. The van der Waals surface area contributed by atoms with Crippen molar-refractivity contribution in [1.29, 1.82) is 0 Å². The predicted octanol–water partition coefficient (Wildman–Crippen LogP) is 4.77. The molecular formula is C18H31NO. The number of benzene rings is 1. The molecule has 0 aliphatic heterocycles. The molecule has 0 unspecified atom stereocenters. The van der Waals surface area contributed by atoms with Crippen LogP contribution in [0.5, 0.6) is 0 Å². The Morgan fingerprint density at radius 2 is 1.45 bits per heavy atom. The van der Waals surface area contributed by atoms with Crippen molar-refractivity contribution in [2.75, 3.05) is 18.5 Å². The van der Waals surface area contributed by atoms with Crippen LogP contribution < -0.4 is 5.32 Å². The van der Waals surface area contributed by atoms with Gasteiger partial charge in [-0.05, 0) is 30.5 Å². The highest BCUT2D eigenvalue weighted by atomic mass is 16.2. The average Bonchev–Trinajstić information content (AvgIpc) is 2.47. The summed E-state index contributed by atoms with van der Waals surface area (Å²) in [6, 6.07) is 8.39. The van der Waals surface area contributed by atoms with Crippen LogP contribution in [0.3, 0.4) is 0 Å². The molecule has 1 rings (SSSR count). The molecule has 1 aromatic rings. The van der Waals surface area contributed by atoms with E-state index in [4.69, 9.17) is 5.11 Å². The van der Waals surface area contributed by atoms with Crippen molar-refractivity contribution in [3.05, 3.63) is 29.8 Å². The van der Waals surface area contributed by atoms with Gasteiger partial charge in [0.1, 0.15) is 0 Å². The molecule has 1 aromatic carbocycles. The summed E-state index contributed by atoms with van der Waals surface area (Å²) in [6.45, 7) is 3.56. The van der Waals surface area contributed by atoms with Gasteiger partial charge in [-0.15, -0.1) is 0 Å². The lowest BCUT2D eigenvalue weighted by molar-refractivity contribution is 0.299. The smallest absolute Gasteiger partial charge is 0.0471 e. The monoisotopic (exact) mass is 277 g/mol. The normalized spacial score (nSPS) is 10.7. The van der Waals surface area contributed by atoms with Crippen molar-refractivity contribution in [2.24, 2.45) is 0 Å². The van der Waals surface area contributed by atoms with E-state index in [9.17, 15) is 0 Å². The maximum atomic E-state index is 8.87. The Kier molecular flexibility index (Phi) is 10.0. The number of aliphatic hydroxyl groups excluding tert-OH is 1. The van der Waals surface area contributed by atoms with Gasteiger partial charge in [0.15, 0.2) is 0 Å². The third-order valence-electron chi connectivity index (χ3n) is 3.71. The van der Waals surface area contributed by atoms with Crippen molar-refractivity contribution in [3.63, 3.8) is 0 Å². The van der Waals surface area contributed by atoms with Crippen LogP contribution in [-0.2, 0) is 6.42 Å². The summed E-state index contributed by atoms with van der Waals surface area (Å²) in [5.74, 6) is 0. The van der Waals surface area contributed by atoms with E-state index in [2.05, 4.69) is 36.5 Å². The zero-order valence-corrected chi connectivity index (χ0v) is 13.0. The van der Waals surface area contributed by atoms with E-state index in [1.807, 2.05) is 0 Å². The number of hydrogen-bond donors (Lipinski definition) is 2. The van der Waals surface area contributed by atoms with Gasteiger partial charge in [0.2, 0.25) is 0 Å². The molecular weight excluding hydrogens is 246 g/mol. The molecule has 0 bridgehead atoms. The third kappa shape index (κ3) is 8.21. The number of aliphatic hydroxyl groups is 1. The van der Waals surface area contributed by atoms with Gasteiger partial charge in [0, 0.05) is 18.8 Å². The van der Waals surface area contributed by atoms with Crippen molar-refractivity contribution in [2.45, 2.75) is 64.7 Å². The second kappa shape index (κ2) is 11.8. The Morgan fingerprint density at radius 1 is 0.850 bits per heavy atom. The Hall–Kier alpha value is -1.02. The van der Waals surface area contributed by atoms with E-state index in [1.165, 1.54) is 62.6 Å². The SMILES string of the molecule is CCCCCCCCCCNc1ccc(CCO)cc1. The molecule has 0 spiro atoms. The second-order valence-electron chi connectivity index (χ2n) is 5.57. The Labute approximate surface area is 124 Å². The lowest BCUT2D eigenvalue weighted by Gasteiger charge is -2.07. The largest absolute Gasteiger partial charge is 0.396 e. The maximum absolute atomic E-state index is 8.87. The average molecular weight is 277 g/mol. The molecule has 0 amide bonds. The maximum Gasteiger partial charge on any atom is 0.0471 e. The molecule has 0 radical (unpaired) electrons. The summed E-state index contributed by atoms with van der Waals surface area (Å²) in [4.78, 5) is 0. The first-order valence-corrected chi connectivity index (χ1v) is 8.30. The molecule has 0 atom stereocenters. The molecule has 20 heavy (non-hydrogen) atoms. The van der Waals surface area contributed by atoms with Gasteiger partial charge < -0.3 is 10.4 Å². The van der Waals surface area contributed by atoms with Crippen molar-refractivity contribution in [3.8, 4) is 0 Å². The first-order valence-electron chi connectivity index (χ1n) is 8.30. The zero-order valence-electron chi connectivity index (χ0n) is 13.0. The van der Waals surface area contributed by atoms with E-state index in [-0.39, 0.29) is 6.61 Å². The van der Waals surface area contributed by atoms with Gasteiger partial charge in [0.25, 0.3) is 0 Å². The first-order chi connectivity index (χ1) is 9.86. The number of rotatable bonds is 12. The van der Waals surface area contributed by atoms with E-state index in [0.29, 0.717) is 0 Å². The fraction of sp³-hybridized carbons (Fsp3) is 0.667. The summed E-state index contributed by atoms with van der Waals surface area (Å²) < 4.78 is 0. The predicted molar refractivity (Wildman–Crippen MR) is 88.3 cm³/mol. The molecule has 0 heterocycles. The minimum Gasteiger partial charge on any atom is -0.396 e. The Balaban J connectivity index is 1.98. The summed E-state index contributed by atoms with van der Waals surface area (Å²) in [5.41, 5.74) is 2.39. The minimum atomic E-state index is 0.227. The van der Waals surface area contributed by atoms with Crippen LogP contribution in [0.4, 0.5) is 5.69 Å². The topological polar surface area (TPSA) is 32.3 Å². The van der Waals surface area contributed by atoms with E-state index in [1.54, 1.807) is 0 Å². The van der Waals surface area contributed by atoms with Gasteiger partial charge in [-0.3, -0.25) is 0 Å². The standard InChI is InChI=1S/C18H31NO/c1-2-3-4-5-6-7-8-9-15-19-18-12-10-17(11-13-18)14-16-20/h10-13,19-20H,2-9,14-16H2,1H3. The highest BCUT2D eigenvalue weighted by Gasteiger charge is 1.95. The molecule has 0 aliphatic carbocycles. The molecule has 0 fully saturated rings. The molecule has 0 saturated carbocycles. The number of unbranched alkanes of at least 4 members (excludes halogenated alkanes) is 7. The van der Waals surface area contributed by atoms with Crippen LogP contribution in [0.2, 0.25) is 0 Å². The Bertz CT molecular complexity index is 321. The summed E-state index contributed by atoms with van der Waals surface area (Å²) in [7, 11) is 0. The molecule has 2 N–H and O–H groups in total. The van der Waals surface area contributed by atoms with Gasteiger partial charge in [-0.25, -0.2) is 0 Å². The zero-order chi connectivity index (χ0) is 14.5. The highest BCUT2D eigenvalue weighted by molar-refractivity contribution is 5.44. The van der Waals surface area contributed by atoms with Gasteiger partial charge in [0.05, 0.1) is 0 Å². The molecule has 114 valence electrons. The third-order valence-corrected chi connectivity index (χ3v) is 3.71. The first kappa shape index (κ1) is 17.0. The fourth-order valence-corrected chi connectivity index (χ4v) is 2.41. The van der Waals surface area contributed by atoms with Gasteiger partial charge in [-0.2, -0.15) is 0 Å². The van der Waals surface area contributed by atoms with Crippen molar-refractivity contribution < 1.29 is 5.11 Å². The van der Waals surface area contributed by atoms with Crippen LogP contribution in [0, 0.1) is 0 Å². The molecule has 0 aliphatic rings. The fourth-order valence-electron chi connectivity index (χ4n) is 2.41. The van der Waals surface area contributed by atoms with Crippen LogP contribution in [0.25, 0.3) is 0 Å². The molecule has 2 nitrogen and oxygen atoms in total. The number of anilines is 1. The molecule has 0 aromatic heterocycles. The van der Waals surface area contributed by atoms with Gasteiger partial charge >= 0.3 is 0 Å². The van der Waals surface area contributed by atoms with Crippen LogP contribution in [0.15, 0.2) is 24.3 Å². The molecule has 2 heteroatoms. The summed E-state index contributed by atoms with van der Waals surface area (Å²) in [6.07, 6.45) is 11.7. The van der Waals surface area contributed by atoms with Crippen molar-refractivity contribution >= 4 is 5.69 Å². The lowest BCUT2D eigenvalue weighted by atomic mass is 10.1. The minimum absolute atomic E-state index is 0.227. The van der Waals surface area contributed by atoms with Crippen LogP contribution in [0.1, 0.15) is 63.9 Å². The van der Waals surface area contributed by atoms with Crippen molar-refractivity contribution in [1.82, 2.24) is 0 Å². The second-order valence-corrected chi connectivity index (χ2v) is 5.57. The van der Waals surface area contributed by atoms with E-state index >= 15 is 0 Å². The number of hydrogen-bond acceptors (Lipinski definition) is 2. The van der Waals surface area contributed by atoms with E-state index < -0.39 is 0 Å². The van der Waals surface area contributed by atoms with Crippen LogP contribution in [-0.4, -0.2) is 18.3 Å². The van der Waals surface area contributed by atoms with E-state index in [0.717, 1.165) is 13.0 Å². The Morgan fingerprint density at radius 3 is 2.05 bits per heavy atom. The summed E-state index contributed by atoms with van der Waals surface area (Å²) in [5, 5.41) is 12.3. The number of nitrogens with one attached hydrogen (secondary N) is 1. The highest BCUT2D eigenvalue weighted by Crippen LogP contribution is 2.11.